The van der Waals surface area contributed by atoms with Crippen LogP contribution in [-0.4, -0.2) is 15.7 Å². The number of hydrogen-bond acceptors (Lipinski definition) is 2. The quantitative estimate of drug-likeness (QED) is 0.417. The number of rotatable bonds is 3. The lowest BCUT2D eigenvalue weighted by molar-refractivity contribution is 0.0984. The Morgan fingerprint density at radius 3 is 2.45 bits per heavy atom. The maximum Gasteiger partial charge on any atom is 0.277 e. The number of aromatic nitrogens is 2. The summed E-state index contributed by atoms with van der Waals surface area (Å²) in [5, 5.41) is 5.11. The minimum absolute atomic E-state index is 0.0324. The Kier molecular flexibility index (Phi) is 6.77. The SMILES string of the molecule is CC.Cc1ccc(Cl)cc1C1c2c(C(C)C)nn(C)c2C(=O)N1c1cccc(Cl)c1F. The summed E-state index contributed by atoms with van der Waals surface area (Å²) >= 11 is 12.3. The Balaban J connectivity index is 0.00000132. The van der Waals surface area contributed by atoms with Crippen molar-refractivity contribution in [2.75, 3.05) is 4.90 Å². The lowest BCUT2D eigenvalue weighted by Crippen LogP contribution is -2.31. The highest BCUT2D eigenvalue weighted by atomic mass is 35.5. The number of halogens is 3. The van der Waals surface area contributed by atoms with E-state index >= 15 is 4.39 Å². The molecule has 164 valence electrons. The molecule has 0 bridgehead atoms. The normalized spacial score (nSPS) is 15.2. The minimum atomic E-state index is -0.626. The van der Waals surface area contributed by atoms with Crippen LogP contribution in [0.3, 0.4) is 0 Å². The number of hydrogen-bond donors (Lipinski definition) is 0. The zero-order valence-corrected chi connectivity index (χ0v) is 20.0. The molecular weight excluding hydrogens is 436 g/mol. The molecule has 1 aromatic heterocycles. The van der Waals surface area contributed by atoms with Crippen molar-refractivity contribution in [3.8, 4) is 0 Å². The summed E-state index contributed by atoms with van der Waals surface area (Å²) in [6.45, 7) is 10.0. The van der Waals surface area contributed by atoms with Gasteiger partial charge in [-0.25, -0.2) is 4.39 Å². The molecule has 0 fully saturated rings. The van der Waals surface area contributed by atoms with Crippen LogP contribution in [0.25, 0.3) is 0 Å². The van der Waals surface area contributed by atoms with Crippen molar-refractivity contribution < 1.29 is 9.18 Å². The van der Waals surface area contributed by atoms with E-state index in [2.05, 4.69) is 5.10 Å². The molecule has 7 heteroatoms. The van der Waals surface area contributed by atoms with Gasteiger partial charge < -0.3 is 0 Å². The highest BCUT2D eigenvalue weighted by Crippen LogP contribution is 2.47. The highest BCUT2D eigenvalue weighted by Gasteiger charge is 2.45. The van der Waals surface area contributed by atoms with Crippen molar-refractivity contribution in [2.45, 2.75) is 46.6 Å². The van der Waals surface area contributed by atoms with Gasteiger partial charge in [-0.15, -0.1) is 0 Å². The lowest BCUT2D eigenvalue weighted by atomic mass is 9.92. The predicted molar refractivity (Wildman–Crippen MR) is 125 cm³/mol. The van der Waals surface area contributed by atoms with Crippen LogP contribution in [-0.2, 0) is 7.05 Å². The van der Waals surface area contributed by atoms with Crippen molar-refractivity contribution in [3.63, 3.8) is 0 Å². The molecule has 4 rings (SSSR count). The molecule has 1 aliphatic rings. The van der Waals surface area contributed by atoms with E-state index in [4.69, 9.17) is 23.2 Å². The molecule has 31 heavy (non-hydrogen) atoms. The molecule has 2 heterocycles. The first-order valence-electron chi connectivity index (χ1n) is 10.3. The van der Waals surface area contributed by atoms with Gasteiger partial charge in [0.15, 0.2) is 5.82 Å². The molecule has 0 N–H and O–H groups in total. The molecule has 0 saturated carbocycles. The maximum absolute atomic E-state index is 15.0. The van der Waals surface area contributed by atoms with Gasteiger partial charge in [-0.2, -0.15) is 5.10 Å². The Morgan fingerprint density at radius 1 is 1.13 bits per heavy atom. The number of fused-ring (bicyclic) bond motifs is 1. The van der Waals surface area contributed by atoms with Gasteiger partial charge >= 0.3 is 0 Å². The second kappa shape index (κ2) is 9.01. The van der Waals surface area contributed by atoms with Crippen LogP contribution in [0, 0.1) is 12.7 Å². The van der Waals surface area contributed by atoms with Crippen LogP contribution in [0.15, 0.2) is 36.4 Å². The van der Waals surface area contributed by atoms with Crippen molar-refractivity contribution in [3.05, 3.63) is 80.3 Å². The molecule has 1 unspecified atom stereocenters. The van der Waals surface area contributed by atoms with E-state index in [0.29, 0.717) is 10.7 Å². The number of carbonyl (C=O) groups is 1. The van der Waals surface area contributed by atoms with E-state index in [9.17, 15) is 4.79 Å². The fourth-order valence-electron chi connectivity index (χ4n) is 4.00. The largest absolute Gasteiger partial charge is 0.292 e. The van der Waals surface area contributed by atoms with Gasteiger partial charge in [0, 0.05) is 17.6 Å². The van der Waals surface area contributed by atoms with E-state index in [0.717, 1.165) is 22.4 Å². The maximum atomic E-state index is 15.0. The molecule has 0 radical (unpaired) electrons. The monoisotopic (exact) mass is 461 g/mol. The van der Waals surface area contributed by atoms with E-state index in [1.165, 1.54) is 11.0 Å². The number of carbonyl (C=O) groups excluding carboxylic acids is 1. The summed E-state index contributed by atoms with van der Waals surface area (Å²) in [5.41, 5.74) is 3.97. The third kappa shape index (κ3) is 3.85. The fourth-order valence-corrected chi connectivity index (χ4v) is 4.35. The van der Waals surface area contributed by atoms with Crippen molar-refractivity contribution >= 4 is 34.8 Å². The van der Waals surface area contributed by atoms with Crippen LogP contribution < -0.4 is 4.90 Å². The van der Waals surface area contributed by atoms with E-state index in [-0.39, 0.29) is 22.5 Å². The van der Waals surface area contributed by atoms with Crippen molar-refractivity contribution in [1.29, 1.82) is 0 Å². The zero-order chi connectivity index (χ0) is 23.0. The highest BCUT2D eigenvalue weighted by molar-refractivity contribution is 6.31. The van der Waals surface area contributed by atoms with E-state index in [1.54, 1.807) is 29.9 Å². The molecule has 3 aromatic rings. The Labute approximate surface area is 192 Å². The average molecular weight is 462 g/mol. The van der Waals surface area contributed by atoms with Gasteiger partial charge in [-0.1, -0.05) is 63.0 Å². The standard InChI is InChI=1S/C22H20Cl2FN3O.C2H6/c1-11(2)19-17-20(14-10-13(23)9-8-12(14)3)28(22(29)21(17)27(4)26-19)16-7-5-6-15(24)18(16)25;1-2/h5-11,20H,1-4H3;1-2H3. The van der Waals surface area contributed by atoms with Gasteiger partial charge in [0.25, 0.3) is 5.91 Å². The first-order valence-corrected chi connectivity index (χ1v) is 11.1. The summed E-state index contributed by atoms with van der Waals surface area (Å²) in [4.78, 5) is 15.0. The first kappa shape index (κ1) is 23.3. The van der Waals surface area contributed by atoms with Crippen molar-refractivity contribution in [1.82, 2.24) is 9.78 Å². The Hall–Kier alpha value is -2.37. The predicted octanol–water partition coefficient (Wildman–Crippen LogP) is 7.07. The van der Waals surface area contributed by atoms with E-state index in [1.807, 2.05) is 46.8 Å². The first-order chi connectivity index (χ1) is 14.7. The summed E-state index contributed by atoms with van der Waals surface area (Å²) in [5.74, 6) is -0.851. The smallest absolute Gasteiger partial charge is 0.277 e. The summed E-state index contributed by atoms with van der Waals surface area (Å²) in [6.07, 6.45) is 0. The molecule has 1 amide bonds. The minimum Gasteiger partial charge on any atom is -0.292 e. The van der Waals surface area contributed by atoms with Gasteiger partial charge in [-0.3, -0.25) is 14.4 Å². The van der Waals surface area contributed by atoms with Gasteiger partial charge in [0.05, 0.1) is 22.4 Å². The second-order valence-electron chi connectivity index (χ2n) is 7.58. The molecule has 4 nitrogen and oxygen atoms in total. The zero-order valence-electron chi connectivity index (χ0n) is 18.5. The van der Waals surface area contributed by atoms with Crippen LogP contribution in [0.2, 0.25) is 10.0 Å². The van der Waals surface area contributed by atoms with Crippen LogP contribution >= 0.6 is 23.2 Å². The topological polar surface area (TPSA) is 38.1 Å². The van der Waals surface area contributed by atoms with Gasteiger partial charge in [-0.05, 0) is 48.2 Å². The third-order valence-corrected chi connectivity index (χ3v) is 5.87. The summed E-state index contributed by atoms with van der Waals surface area (Å²) in [6, 6.07) is 9.66. The molecule has 2 aromatic carbocycles. The fraction of sp³-hybridized carbons (Fsp3) is 0.333. The lowest BCUT2D eigenvalue weighted by Gasteiger charge is -2.28. The van der Waals surface area contributed by atoms with Crippen molar-refractivity contribution in [2.24, 2.45) is 7.05 Å². The molecule has 1 aliphatic heterocycles. The van der Waals surface area contributed by atoms with Crippen LogP contribution in [0.4, 0.5) is 10.1 Å². The molecule has 0 aliphatic carbocycles. The molecule has 0 spiro atoms. The van der Waals surface area contributed by atoms with Crippen LogP contribution in [0.5, 0.6) is 0 Å². The van der Waals surface area contributed by atoms with Gasteiger partial charge in [0.2, 0.25) is 0 Å². The number of amides is 1. The number of nitrogens with zero attached hydrogens (tertiary/aromatic N) is 3. The van der Waals surface area contributed by atoms with Gasteiger partial charge in [0.1, 0.15) is 5.69 Å². The van der Waals surface area contributed by atoms with E-state index < -0.39 is 11.9 Å². The number of benzene rings is 2. The third-order valence-electron chi connectivity index (χ3n) is 5.34. The number of aryl methyl sites for hydroxylation is 2. The Morgan fingerprint density at radius 2 is 1.81 bits per heavy atom. The molecular formula is C24H26Cl2FN3O. The number of anilines is 1. The molecule has 1 atom stereocenters. The van der Waals surface area contributed by atoms with Crippen LogP contribution in [0.1, 0.15) is 72.5 Å². The summed E-state index contributed by atoms with van der Waals surface area (Å²) < 4.78 is 16.6. The second-order valence-corrected chi connectivity index (χ2v) is 8.42. The molecule has 0 saturated heterocycles. The average Bonchev–Trinajstić information content (AvgIpc) is 3.23. The summed E-state index contributed by atoms with van der Waals surface area (Å²) in [7, 11) is 1.74. The Bertz CT molecular complexity index is 1140.